The first-order chi connectivity index (χ1) is 15.3. The van der Waals surface area contributed by atoms with Gasteiger partial charge in [-0.1, -0.05) is 75.8 Å². The summed E-state index contributed by atoms with van der Waals surface area (Å²) < 4.78 is 10.3. The smallest absolute Gasteiger partial charge is 0.174 e. The fourth-order valence-corrected chi connectivity index (χ4v) is 3.50. The predicted octanol–water partition coefficient (Wildman–Crippen LogP) is 4.39. The largest absolute Gasteiger partial charge is 0.379 e. The number of aromatic amines is 1. The molecule has 0 aromatic carbocycles. The van der Waals surface area contributed by atoms with Gasteiger partial charge in [-0.25, -0.2) is 0 Å². The number of carbonyl (C=O) groups excluding carboxylic acids is 2. The number of unbranched alkanes of at least 4 members (excludes halogenated alkanes) is 12. The third-order valence-electron chi connectivity index (χ3n) is 5.33. The fourth-order valence-electron chi connectivity index (χ4n) is 3.50. The van der Waals surface area contributed by atoms with Crippen molar-refractivity contribution in [3.8, 4) is 0 Å². The van der Waals surface area contributed by atoms with Crippen LogP contribution < -0.4 is 0 Å². The highest BCUT2D eigenvalue weighted by molar-refractivity contribution is 5.78. The van der Waals surface area contributed by atoms with Crippen LogP contribution >= 0.6 is 0 Å². The summed E-state index contributed by atoms with van der Waals surface area (Å²) in [5.41, 5.74) is 0. The normalized spacial score (nSPS) is 11.1. The quantitative estimate of drug-likeness (QED) is 0.188. The maximum atomic E-state index is 11.8. The van der Waals surface area contributed by atoms with Crippen molar-refractivity contribution in [3.05, 3.63) is 5.82 Å². The van der Waals surface area contributed by atoms with E-state index in [0.29, 0.717) is 32.7 Å². The van der Waals surface area contributed by atoms with E-state index in [9.17, 15) is 9.59 Å². The molecule has 0 radical (unpaired) electrons. The lowest BCUT2D eigenvalue weighted by Crippen LogP contribution is -2.09. The van der Waals surface area contributed by atoms with Gasteiger partial charge in [0, 0.05) is 19.3 Å². The molecule has 0 atom stereocenters. The number of hydrogen-bond donors (Lipinski definition) is 1. The molecule has 0 aliphatic heterocycles. The number of rotatable bonds is 24. The number of ketones is 1. The van der Waals surface area contributed by atoms with Crippen molar-refractivity contribution in [1.29, 1.82) is 0 Å². The van der Waals surface area contributed by atoms with Gasteiger partial charge in [-0.2, -0.15) is 5.21 Å². The second kappa shape index (κ2) is 21.6. The monoisotopic (exact) mass is 438 g/mol. The summed E-state index contributed by atoms with van der Waals surface area (Å²) in [5, 5.41) is 14.0. The summed E-state index contributed by atoms with van der Waals surface area (Å²) in [6, 6.07) is 0. The average molecular weight is 439 g/mol. The number of aldehydes is 1. The molecule has 178 valence electrons. The van der Waals surface area contributed by atoms with Crippen LogP contribution in [0.3, 0.4) is 0 Å². The van der Waals surface area contributed by atoms with E-state index in [4.69, 9.17) is 9.47 Å². The van der Waals surface area contributed by atoms with Crippen molar-refractivity contribution in [2.75, 3.05) is 26.4 Å². The van der Waals surface area contributed by atoms with Crippen molar-refractivity contribution >= 4 is 12.1 Å². The first-order valence-electron chi connectivity index (χ1n) is 12.2. The van der Waals surface area contributed by atoms with Crippen molar-refractivity contribution in [2.45, 2.75) is 103 Å². The average Bonchev–Trinajstić information content (AvgIpc) is 3.29. The molecule has 8 heteroatoms. The molecule has 8 nitrogen and oxygen atoms in total. The molecule has 1 N–H and O–H groups in total. The van der Waals surface area contributed by atoms with Gasteiger partial charge in [0.2, 0.25) is 0 Å². The van der Waals surface area contributed by atoms with Gasteiger partial charge in [-0.3, -0.25) is 4.79 Å². The molecule has 0 amide bonds. The third kappa shape index (κ3) is 18.8. The fraction of sp³-hybridized carbons (Fsp3) is 0.870. The zero-order chi connectivity index (χ0) is 22.2. The Bertz CT molecular complexity index is 526. The van der Waals surface area contributed by atoms with Gasteiger partial charge in [0.15, 0.2) is 5.82 Å². The Hall–Kier alpha value is -1.67. The Labute approximate surface area is 187 Å². The summed E-state index contributed by atoms with van der Waals surface area (Å²) in [4.78, 5) is 21.9. The molecule has 1 rings (SSSR count). The highest BCUT2D eigenvalue weighted by Crippen LogP contribution is 2.13. The summed E-state index contributed by atoms with van der Waals surface area (Å²) in [7, 11) is 0. The summed E-state index contributed by atoms with van der Waals surface area (Å²) in [6.07, 6.45) is 19.2. The molecule has 0 aliphatic carbocycles. The van der Waals surface area contributed by atoms with Crippen LogP contribution in [0.15, 0.2) is 0 Å². The number of carbonyl (C=O) groups is 2. The van der Waals surface area contributed by atoms with E-state index < -0.39 is 0 Å². The highest BCUT2D eigenvalue weighted by atomic mass is 16.5. The molecule has 0 saturated carbocycles. The zero-order valence-electron chi connectivity index (χ0n) is 19.2. The van der Waals surface area contributed by atoms with Crippen LogP contribution in [0.25, 0.3) is 0 Å². The van der Waals surface area contributed by atoms with Crippen LogP contribution in [-0.2, 0) is 25.5 Å². The SMILES string of the molecule is O=CCOCCOCCC(=O)CCCCCCCCCCCCCCCc1nn[nH]n1. The highest BCUT2D eigenvalue weighted by Gasteiger charge is 2.02. The van der Waals surface area contributed by atoms with Crippen LogP contribution in [0.1, 0.15) is 102 Å². The van der Waals surface area contributed by atoms with Crippen LogP contribution in [0.4, 0.5) is 0 Å². The molecule has 1 heterocycles. The summed E-state index contributed by atoms with van der Waals surface area (Å²) >= 11 is 0. The Morgan fingerprint density at radius 2 is 1.32 bits per heavy atom. The van der Waals surface area contributed by atoms with Gasteiger partial charge in [-0.15, -0.1) is 10.2 Å². The number of nitrogens with zero attached hydrogens (tertiary/aromatic N) is 3. The van der Waals surface area contributed by atoms with Crippen LogP contribution in [0.5, 0.6) is 0 Å². The number of Topliss-reactive ketones (excluding diaryl/α,β-unsaturated/α-hetero) is 1. The molecule has 1 aromatic rings. The maximum Gasteiger partial charge on any atom is 0.174 e. The zero-order valence-corrected chi connectivity index (χ0v) is 19.2. The number of tetrazole rings is 1. The minimum atomic E-state index is 0.105. The van der Waals surface area contributed by atoms with Gasteiger partial charge in [-0.05, 0) is 12.8 Å². The van der Waals surface area contributed by atoms with Crippen molar-refractivity contribution in [1.82, 2.24) is 20.6 Å². The lowest BCUT2D eigenvalue weighted by atomic mass is 10.0. The number of aryl methyl sites for hydroxylation is 1. The number of H-pyrrole nitrogens is 1. The van der Waals surface area contributed by atoms with Crippen LogP contribution in [0.2, 0.25) is 0 Å². The van der Waals surface area contributed by atoms with Gasteiger partial charge in [0.25, 0.3) is 0 Å². The van der Waals surface area contributed by atoms with Gasteiger partial charge >= 0.3 is 0 Å². The van der Waals surface area contributed by atoms with E-state index in [1.807, 2.05) is 0 Å². The van der Waals surface area contributed by atoms with Gasteiger partial charge in [0.05, 0.1) is 19.8 Å². The Morgan fingerprint density at radius 3 is 1.90 bits per heavy atom. The number of ether oxygens (including phenoxy) is 2. The molecule has 0 bridgehead atoms. The van der Waals surface area contributed by atoms with Crippen molar-refractivity contribution < 1.29 is 19.1 Å². The minimum absolute atomic E-state index is 0.105. The summed E-state index contributed by atoms with van der Waals surface area (Å²) in [5.74, 6) is 1.11. The Morgan fingerprint density at radius 1 is 0.742 bits per heavy atom. The molecule has 31 heavy (non-hydrogen) atoms. The van der Waals surface area contributed by atoms with Crippen molar-refractivity contribution in [2.24, 2.45) is 0 Å². The molecule has 0 spiro atoms. The van der Waals surface area contributed by atoms with E-state index in [2.05, 4.69) is 20.6 Å². The predicted molar refractivity (Wildman–Crippen MR) is 120 cm³/mol. The first-order valence-corrected chi connectivity index (χ1v) is 12.2. The van der Waals surface area contributed by atoms with Gasteiger partial charge < -0.3 is 14.3 Å². The topological polar surface area (TPSA) is 107 Å². The van der Waals surface area contributed by atoms with E-state index >= 15 is 0 Å². The molecule has 0 saturated heterocycles. The van der Waals surface area contributed by atoms with E-state index in [0.717, 1.165) is 37.8 Å². The number of hydrogen-bond acceptors (Lipinski definition) is 7. The van der Waals surface area contributed by atoms with Crippen molar-refractivity contribution in [3.63, 3.8) is 0 Å². The molecular formula is C23H42N4O4. The second-order valence-electron chi connectivity index (χ2n) is 8.07. The lowest BCUT2D eigenvalue weighted by molar-refractivity contribution is -0.120. The number of nitrogens with one attached hydrogen (secondary N) is 1. The Kier molecular flexibility index (Phi) is 19.0. The second-order valence-corrected chi connectivity index (χ2v) is 8.07. The molecule has 1 aromatic heterocycles. The van der Waals surface area contributed by atoms with Gasteiger partial charge in [0.1, 0.15) is 18.7 Å². The van der Waals surface area contributed by atoms with E-state index in [1.165, 1.54) is 64.2 Å². The lowest BCUT2D eigenvalue weighted by Gasteiger charge is -2.05. The third-order valence-corrected chi connectivity index (χ3v) is 5.33. The van der Waals surface area contributed by atoms with Crippen LogP contribution in [-0.4, -0.2) is 59.1 Å². The van der Waals surface area contributed by atoms with E-state index in [-0.39, 0.29) is 12.4 Å². The molecular weight excluding hydrogens is 396 g/mol. The number of aromatic nitrogens is 4. The molecule has 0 unspecified atom stereocenters. The summed E-state index contributed by atoms with van der Waals surface area (Å²) in [6.45, 7) is 1.39. The first kappa shape index (κ1) is 27.4. The Balaban J connectivity index is 1.70. The standard InChI is InChI=1S/C23H42N4O4/c28-17-19-31-21-20-30-18-16-22(29)14-12-10-8-6-4-2-1-3-5-7-9-11-13-15-23-24-26-27-25-23/h17H,1-16,18-21H2,(H,24,25,26,27). The minimum Gasteiger partial charge on any atom is -0.379 e. The molecule has 0 aliphatic rings. The van der Waals surface area contributed by atoms with E-state index in [1.54, 1.807) is 0 Å². The molecule has 0 fully saturated rings. The maximum absolute atomic E-state index is 11.8. The van der Waals surface area contributed by atoms with Crippen LogP contribution in [0, 0.1) is 0 Å².